The summed E-state index contributed by atoms with van der Waals surface area (Å²) in [4.78, 5) is 13.7. The number of ether oxygens (including phenoxy) is 1. The molecule has 0 aromatic heterocycles. The first-order chi connectivity index (χ1) is 10.5. The third kappa shape index (κ3) is 4.98. The monoisotopic (exact) mass is 309 g/mol. The van der Waals surface area contributed by atoms with Gasteiger partial charge in [-0.3, -0.25) is 4.79 Å². The van der Waals surface area contributed by atoms with Crippen molar-refractivity contribution in [3.8, 4) is 5.75 Å². The highest BCUT2D eigenvalue weighted by Gasteiger charge is 2.34. The first kappa shape index (κ1) is 16.7. The van der Waals surface area contributed by atoms with Gasteiger partial charge in [-0.1, -0.05) is 12.8 Å². The number of carbonyl (C=O) groups is 1. The molecule has 4 nitrogen and oxygen atoms in total. The van der Waals surface area contributed by atoms with Crippen molar-refractivity contribution in [2.75, 3.05) is 20.2 Å². The number of halogens is 1. The molecule has 1 aromatic carbocycles. The average Bonchev–Trinajstić information content (AvgIpc) is 2.91. The van der Waals surface area contributed by atoms with E-state index >= 15 is 0 Å². The molecule has 2 rings (SSSR count). The van der Waals surface area contributed by atoms with Crippen molar-refractivity contribution in [3.63, 3.8) is 0 Å². The minimum absolute atomic E-state index is 0.0221. The van der Waals surface area contributed by atoms with Gasteiger partial charge in [-0.15, -0.1) is 0 Å². The molecule has 5 heteroatoms. The summed E-state index contributed by atoms with van der Waals surface area (Å²) in [6, 6.07) is 5.88. The summed E-state index contributed by atoms with van der Waals surface area (Å²) in [7, 11) is 1.75. The van der Waals surface area contributed by atoms with Crippen LogP contribution in [0.15, 0.2) is 24.3 Å². The molecule has 0 atom stereocenters. The Bertz CT molecular complexity index is 483. The van der Waals surface area contributed by atoms with Crippen LogP contribution >= 0.6 is 0 Å². The Morgan fingerprint density at radius 2 is 1.95 bits per heavy atom. The second-order valence-corrected chi connectivity index (χ2v) is 6.08. The van der Waals surface area contributed by atoms with Gasteiger partial charge in [0, 0.05) is 13.6 Å². The zero-order chi connectivity index (χ0) is 16.0. The summed E-state index contributed by atoms with van der Waals surface area (Å²) in [5.74, 6) is 0.310. The van der Waals surface area contributed by atoms with E-state index in [1.165, 1.54) is 12.1 Å². The summed E-state index contributed by atoms with van der Waals surface area (Å²) in [5.41, 5.74) is -0.796. The van der Waals surface area contributed by atoms with Gasteiger partial charge in [0.15, 0.2) is 0 Å². The largest absolute Gasteiger partial charge is 0.494 e. The molecule has 22 heavy (non-hydrogen) atoms. The summed E-state index contributed by atoms with van der Waals surface area (Å²) < 4.78 is 18.2. The molecule has 1 N–H and O–H groups in total. The normalized spacial score (nSPS) is 16.5. The van der Waals surface area contributed by atoms with Gasteiger partial charge in [0.25, 0.3) is 0 Å². The topological polar surface area (TPSA) is 49.8 Å². The first-order valence-electron chi connectivity index (χ1n) is 7.83. The molecule has 0 unspecified atom stereocenters. The van der Waals surface area contributed by atoms with Crippen molar-refractivity contribution >= 4 is 5.91 Å². The third-order valence-electron chi connectivity index (χ3n) is 4.16. The molecule has 1 fully saturated rings. The molecule has 0 saturated heterocycles. The van der Waals surface area contributed by atoms with Gasteiger partial charge in [-0.25, -0.2) is 4.39 Å². The van der Waals surface area contributed by atoms with E-state index in [2.05, 4.69) is 0 Å². The van der Waals surface area contributed by atoms with Crippen LogP contribution in [0.3, 0.4) is 0 Å². The number of aliphatic hydroxyl groups is 1. The molecule has 0 bridgehead atoms. The Morgan fingerprint density at radius 1 is 1.32 bits per heavy atom. The predicted octanol–water partition coefficient (Wildman–Crippen LogP) is 2.75. The van der Waals surface area contributed by atoms with E-state index in [4.69, 9.17) is 4.74 Å². The second-order valence-electron chi connectivity index (χ2n) is 6.08. The van der Waals surface area contributed by atoms with E-state index in [0.717, 1.165) is 25.7 Å². The fraction of sp³-hybridized carbons (Fsp3) is 0.588. The minimum Gasteiger partial charge on any atom is -0.494 e. The van der Waals surface area contributed by atoms with Crippen LogP contribution in [0.4, 0.5) is 4.39 Å². The maximum absolute atomic E-state index is 12.7. The number of amides is 1. The SMILES string of the molecule is CN(CCCOc1ccc(F)cc1)C(=O)CC1(O)CCCC1. The third-order valence-corrected chi connectivity index (χ3v) is 4.16. The van der Waals surface area contributed by atoms with Crippen molar-refractivity contribution in [2.45, 2.75) is 44.1 Å². The average molecular weight is 309 g/mol. The lowest BCUT2D eigenvalue weighted by molar-refractivity contribution is -0.135. The lowest BCUT2D eigenvalue weighted by Gasteiger charge is -2.25. The van der Waals surface area contributed by atoms with E-state index in [1.807, 2.05) is 0 Å². The molecule has 1 aliphatic carbocycles. The van der Waals surface area contributed by atoms with Crippen molar-refractivity contribution in [1.82, 2.24) is 4.90 Å². The number of hydrogen-bond acceptors (Lipinski definition) is 3. The summed E-state index contributed by atoms with van der Waals surface area (Å²) in [6.07, 6.45) is 4.35. The number of hydrogen-bond donors (Lipinski definition) is 1. The van der Waals surface area contributed by atoms with Crippen LogP contribution in [0, 0.1) is 5.82 Å². The number of benzene rings is 1. The Labute approximate surface area is 130 Å². The summed E-state index contributed by atoms with van der Waals surface area (Å²) >= 11 is 0. The number of carbonyl (C=O) groups excluding carboxylic acids is 1. The lowest BCUT2D eigenvalue weighted by Crippen LogP contribution is -2.36. The Balaban J connectivity index is 1.65. The summed E-state index contributed by atoms with van der Waals surface area (Å²) in [5, 5.41) is 10.3. The molecular weight excluding hydrogens is 285 g/mol. The van der Waals surface area contributed by atoms with Crippen molar-refractivity contribution in [1.29, 1.82) is 0 Å². The fourth-order valence-corrected chi connectivity index (χ4v) is 2.77. The molecule has 0 radical (unpaired) electrons. The quantitative estimate of drug-likeness (QED) is 0.788. The highest BCUT2D eigenvalue weighted by molar-refractivity contribution is 5.77. The van der Waals surface area contributed by atoms with Crippen LogP contribution in [0.5, 0.6) is 5.75 Å². The van der Waals surface area contributed by atoms with E-state index in [1.54, 1.807) is 24.1 Å². The molecule has 1 aliphatic rings. The lowest BCUT2D eigenvalue weighted by atomic mass is 9.97. The van der Waals surface area contributed by atoms with Gasteiger partial charge in [0.2, 0.25) is 5.91 Å². The van der Waals surface area contributed by atoms with Gasteiger partial charge < -0.3 is 14.7 Å². The van der Waals surface area contributed by atoms with Crippen molar-refractivity contribution < 1.29 is 19.0 Å². The van der Waals surface area contributed by atoms with E-state index < -0.39 is 5.60 Å². The van der Waals surface area contributed by atoms with Gasteiger partial charge in [0.1, 0.15) is 11.6 Å². The van der Waals surface area contributed by atoms with Gasteiger partial charge in [0.05, 0.1) is 18.6 Å². The van der Waals surface area contributed by atoms with E-state index in [-0.39, 0.29) is 18.1 Å². The maximum atomic E-state index is 12.7. The zero-order valence-electron chi connectivity index (χ0n) is 13.1. The van der Waals surface area contributed by atoms with Crippen LogP contribution in [0.1, 0.15) is 38.5 Å². The Hall–Kier alpha value is -1.62. The maximum Gasteiger partial charge on any atom is 0.225 e. The minimum atomic E-state index is -0.796. The van der Waals surface area contributed by atoms with Crippen LogP contribution in [-0.4, -0.2) is 41.7 Å². The molecule has 0 heterocycles. The van der Waals surface area contributed by atoms with Crippen LogP contribution in [0.25, 0.3) is 0 Å². The number of rotatable bonds is 7. The smallest absolute Gasteiger partial charge is 0.225 e. The van der Waals surface area contributed by atoms with Crippen LogP contribution < -0.4 is 4.74 Å². The summed E-state index contributed by atoms with van der Waals surface area (Å²) in [6.45, 7) is 1.05. The molecule has 1 aromatic rings. The fourth-order valence-electron chi connectivity index (χ4n) is 2.77. The Morgan fingerprint density at radius 3 is 2.59 bits per heavy atom. The van der Waals surface area contributed by atoms with Crippen LogP contribution in [0.2, 0.25) is 0 Å². The molecular formula is C17H24FNO3. The van der Waals surface area contributed by atoms with Crippen molar-refractivity contribution in [2.24, 2.45) is 0 Å². The molecule has 0 spiro atoms. The zero-order valence-corrected chi connectivity index (χ0v) is 13.1. The number of nitrogens with zero attached hydrogens (tertiary/aromatic N) is 1. The van der Waals surface area contributed by atoms with Gasteiger partial charge in [-0.2, -0.15) is 0 Å². The molecule has 122 valence electrons. The van der Waals surface area contributed by atoms with Gasteiger partial charge in [-0.05, 0) is 43.5 Å². The highest BCUT2D eigenvalue weighted by atomic mass is 19.1. The second kappa shape index (κ2) is 7.58. The van der Waals surface area contributed by atoms with E-state index in [0.29, 0.717) is 25.3 Å². The Kier molecular flexibility index (Phi) is 5.77. The predicted molar refractivity (Wildman–Crippen MR) is 82.2 cm³/mol. The molecule has 0 aliphatic heterocycles. The molecule has 1 amide bonds. The highest BCUT2D eigenvalue weighted by Crippen LogP contribution is 2.32. The van der Waals surface area contributed by atoms with Crippen molar-refractivity contribution in [3.05, 3.63) is 30.1 Å². The van der Waals surface area contributed by atoms with Crippen LogP contribution in [-0.2, 0) is 4.79 Å². The van der Waals surface area contributed by atoms with Gasteiger partial charge >= 0.3 is 0 Å². The molecule has 1 saturated carbocycles. The first-order valence-corrected chi connectivity index (χ1v) is 7.83. The van der Waals surface area contributed by atoms with E-state index in [9.17, 15) is 14.3 Å². The standard InChI is InChI=1S/C17H24FNO3/c1-19(16(20)13-17(21)9-2-3-10-17)11-4-12-22-15-7-5-14(18)6-8-15/h5-8,21H,2-4,9-13H2,1H3.